The van der Waals surface area contributed by atoms with Crippen molar-refractivity contribution in [2.45, 2.75) is 219 Å². The highest BCUT2D eigenvalue weighted by Crippen LogP contribution is 2.14. The van der Waals surface area contributed by atoms with Crippen LogP contribution in [0, 0.1) is 0 Å². The molecule has 0 heterocycles. The van der Waals surface area contributed by atoms with Crippen molar-refractivity contribution in [3.05, 3.63) is 109 Å². The lowest BCUT2D eigenvalue weighted by Gasteiger charge is -2.23. The van der Waals surface area contributed by atoms with Crippen molar-refractivity contribution in [1.82, 2.24) is 5.32 Å². The van der Waals surface area contributed by atoms with E-state index in [2.05, 4.69) is 123 Å². The summed E-state index contributed by atoms with van der Waals surface area (Å²) < 4.78 is 5.79. The molecule has 0 rings (SSSR count). The third-order valence-corrected chi connectivity index (χ3v) is 10.3. The van der Waals surface area contributed by atoms with Gasteiger partial charge in [-0.3, -0.25) is 9.59 Å². The van der Waals surface area contributed by atoms with Crippen LogP contribution in [0.25, 0.3) is 0 Å². The predicted molar refractivity (Wildman–Crippen MR) is 263 cm³/mol. The molecule has 3 atom stereocenters. The van der Waals surface area contributed by atoms with Gasteiger partial charge in [0.05, 0.1) is 25.2 Å². The topological polar surface area (TPSA) is 95.9 Å². The van der Waals surface area contributed by atoms with Crippen LogP contribution in [0.3, 0.4) is 0 Å². The average Bonchev–Trinajstić information content (AvgIpc) is 3.25. The molecule has 0 saturated heterocycles. The summed E-state index contributed by atoms with van der Waals surface area (Å²) in [4.78, 5) is 26.0. The number of allylic oxidation sites excluding steroid dienone is 17. The largest absolute Gasteiger partial charge is 0.458 e. The molecule has 0 aromatic carbocycles. The van der Waals surface area contributed by atoms with Gasteiger partial charge in [-0.05, 0) is 96.0 Å². The van der Waals surface area contributed by atoms with Crippen LogP contribution in [-0.4, -0.2) is 46.9 Å². The normalized spacial score (nSPS) is 14.2. The van der Waals surface area contributed by atoms with E-state index < -0.39 is 18.2 Å². The van der Waals surface area contributed by atoms with Gasteiger partial charge in [0.2, 0.25) is 5.91 Å². The van der Waals surface area contributed by atoms with Crippen LogP contribution in [-0.2, 0) is 14.3 Å². The lowest BCUT2D eigenvalue weighted by atomic mass is 10.0. The number of carbonyl (C=O) groups is 2. The summed E-state index contributed by atoms with van der Waals surface area (Å²) in [6.07, 6.45) is 64.7. The van der Waals surface area contributed by atoms with E-state index in [-0.39, 0.29) is 24.9 Å². The number of nitrogens with one attached hydrogen (secondary N) is 1. The smallest absolute Gasteiger partial charge is 0.306 e. The number of hydrogen-bond acceptors (Lipinski definition) is 5. The van der Waals surface area contributed by atoms with E-state index in [1.807, 2.05) is 6.08 Å². The second-order valence-corrected chi connectivity index (χ2v) is 16.1. The first-order valence-electron chi connectivity index (χ1n) is 24.6. The first-order chi connectivity index (χ1) is 30.0. The Morgan fingerprint density at radius 2 is 0.918 bits per heavy atom. The third-order valence-electron chi connectivity index (χ3n) is 10.3. The van der Waals surface area contributed by atoms with Gasteiger partial charge in [-0.15, -0.1) is 0 Å². The summed E-state index contributed by atoms with van der Waals surface area (Å²) in [5.74, 6) is -0.678. The summed E-state index contributed by atoms with van der Waals surface area (Å²) in [6.45, 7) is 6.25. The average molecular weight is 846 g/mol. The van der Waals surface area contributed by atoms with Crippen molar-refractivity contribution in [2.75, 3.05) is 6.61 Å². The second kappa shape index (κ2) is 47.6. The number of aliphatic hydroxyl groups is 2. The number of rotatable bonds is 42. The number of amides is 1. The van der Waals surface area contributed by atoms with E-state index in [1.165, 1.54) is 64.2 Å². The molecule has 346 valence electrons. The molecule has 61 heavy (non-hydrogen) atoms. The number of carbonyl (C=O) groups excluding carboxylic acids is 2. The standard InChI is InChI=1S/C55H91NO5/c1-4-7-10-13-16-19-21-23-25-26-27-28-29-31-33-36-39-42-45-48-55(60)61-51(46-43-40-37-35-32-30-24-22-20-17-14-11-8-5-2)49-54(59)56-52(50-57)53(58)47-44-41-38-34-18-15-12-9-6-3/h8,11,16-17,19-20,23-25,27-28,30-31,33,35,37,43,46,51-53,57-58H,4-7,9-10,12-15,18,21-22,26,29,32,34,36,38-42,44-45,47-50H2,1-3H3,(H,56,59)/b11-8+,19-16-,20-17+,25-23-,28-27-,30-24+,33-31-,37-35+,46-43+. The van der Waals surface area contributed by atoms with Gasteiger partial charge >= 0.3 is 5.97 Å². The van der Waals surface area contributed by atoms with E-state index in [9.17, 15) is 19.8 Å². The molecule has 3 N–H and O–H groups in total. The zero-order chi connectivity index (χ0) is 44.5. The van der Waals surface area contributed by atoms with E-state index in [4.69, 9.17) is 4.74 Å². The zero-order valence-electron chi connectivity index (χ0n) is 39.2. The summed E-state index contributed by atoms with van der Waals surface area (Å²) in [5, 5.41) is 23.6. The molecule has 0 aromatic rings. The molecule has 6 nitrogen and oxygen atoms in total. The van der Waals surface area contributed by atoms with E-state index in [1.54, 1.807) is 6.08 Å². The number of esters is 1. The third kappa shape index (κ3) is 43.0. The Morgan fingerprint density at radius 1 is 0.508 bits per heavy atom. The number of unbranched alkanes of at least 4 members (excludes halogenated alkanes) is 14. The maximum absolute atomic E-state index is 13.1. The fourth-order valence-corrected chi connectivity index (χ4v) is 6.61. The van der Waals surface area contributed by atoms with Crippen molar-refractivity contribution >= 4 is 11.9 Å². The molecule has 0 saturated carbocycles. The van der Waals surface area contributed by atoms with Gasteiger partial charge in [-0.1, -0.05) is 201 Å². The molecule has 3 unspecified atom stereocenters. The molecule has 0 radical (unpaired) electrons. The number of hydrogen-bond donors (Lipinski definition) is 3. The summed E-state index contributed by atoms with van der Waals surface area (Å²) in [6, 6.07) is -0.754. The van der Waals surface area contributed by atoms with Crippen LogP contribution >= 0.6 is 0 Å². The van der Waals surface area contributed by atoms with Crippen molar-refractivity contribution in [2.24, 2.45) is 0 Å². The molecule has 0 aliphatic carbocycles. The van der Waals surface area contributed by atoms with E-state index in [0.717, 1.165) is 89.9 Å². The molecule has 0 aliphatic heterocycles. The minimum Gasteiger partial charge on any atom is -0.458 e. The minimum atomic E-state index is -0.829. The molecule has 6 heteroatoms. The fraction of sp³-hybridized carbons (Fsp3) is 0.636. The molecule has 0 aromatic heterocycles. The van der Waals surface area contributed by atoms with Crippen LogP contribution in [0.15, 0.2) is 109 Å². The fourth-order valence-electron chi connectivity index (χ4n) is 6.61. The maximum Gasteiger partial charge on any atom is 0.306 e. The number of aliphatic hydroxyl groups excluding tert-OH is 2. The Kier molecular flexibility index (Phi) is 44.9. The van der Waals surface area contributed by atoms with Crippen molar-refractivity contribution in [1.29, 1.82) is 0 Å². The highest BCUT2D eigenvalue weighted by atomic mass is 16.5. The van der Waals surface area contributed by atoms with Gasteiger partial charge in [-0.25, -0.2) is 0 Å². The quantitative estimate of drug-likeness (QED) is 0.0323. The van der Waals surface area contributed by atoms with Crippen molar-refractivity contribution in [3.63, 3.8) is 0 Å². The molecular weight excluding hydrogens is 755 g/mol. The Hall–Kier alpha value is -3.48. The minimum absolute atomic E-state index is 0.0657. The maximum atomic E-state index is 13.1. The van der Waals surface area contributed by atoms with Crippen molar-refractivity contribution in [3.8, 4) is 0 Å². The molecule has 0 aliphatic rings. The Morgan fingerprint density at radius 3 is 1.41 bits per heavy atom. The lowest BCUT2D eigenvalue weighted by Crippen LogP contribution is -2.46. The Balaban J connectivity index is 4.80. The van der Waals surface area contributed by atoms with Gasteiger partial charge in [0.15, 0.2) is 0 Å². The van der Waals surface area contributed by atoms with Crippen LogP contribution in [0.2, 0.25) is 0 Å². The zero-order valence-corrected chi connectivity index (χ0v) is 39.2. The summed E-state index contributed by atoms with van der Waals surface area (Å²) in [7, 11) is 0. The van der Waals surface area contributed by atoms with E-state index >= 15 is 0 Å². The highest BCUT2D eigenvalue weighted by Gasteiger charge is 2.23. The summed E-state index contributed by atoms with van der Waals surface area (Å²) in [5.41, 5.74) is 0. The first-order valence-corrected chi connectivity index (χ1v) is 24.6. The first kappa shape index (κ1) is 57.5. The Bertz CT molecular complexity index is 1270. The second-order valence-electron chi connectivity index (χ2n) is 16.1. The van der Waals surface area contributed by atoms with E-state index in [0.29, 0.717) is 19.3 Å². The molecular formula is C55H91NO5. The highest BCUT2D eigenvalue weighted by molar-refractivity contribution is 5.78. The monoisotopic (exact) mass is 846 g/mol. The molecule has 0 fully saturated rings. The van der Waals surface area contributed by atoms with Crippen LogP contribution in [0.4, 0.5) is 0 Å². The molecule has 1 amide bonds. The van der Waals surface area contributed by atoms with Crippen molar-refractivity contribution < 1.29 is 24.5 Å². The SMILES string of the molecule is CC/C=C/C/C=C/C/C=C/C/C=C/C/C=C/C(CC(=O)NC(CO)C(O)CCCCCCCCCCC)OC(=O)CCCCC/C=C\C/C=C\C/C=C\C/C=C\CCCCC. The summed E-state index contributed by atoms with van der Waals surface area (Å²) >= 11 is 0. The van der Waals surface area contributed by atoms with Crippen LogP contribution < -0.4 is 5.32 Å². The van der Waals surface area contributed by atoms with Gasteiger partial charge < -0.3 is 20.3 Å². The van der Waals surface area contributed by atoms with Crippen LogP contribution in [0.1, 0.15) is 201 Å². The molecule has 0 spiro atoms. The van der Waals surface area contributed by atoms with Gasteiger partial charge in [0, 0.05) is 6.42 Å². The van der Waals surface area contributed by atoms with Gasteiger partial charge in [0.1, 0.15) is 6.10 Å². The van der Waals surface area contributed by atoms with Gasteiger partial charge in [-0.2, -0.15) is 0 Å². The lowest BCUT2D eigenvalue weighted by molar-refractivity contribution is -0.148. The Labute approximate surface area is 375 Å². The predicted octanol–water partition coefficient (Wildman–Crippen LogP) is 14.7. The van der Waals surface area contributed by atoms with Crippen LogP contribution in [0.5, 0.6) is 0 Å². The molecule has 0 bridgehead atoms. The van der Waals surface area contributed by atoms with Gasteiger partial charge in [0.25, 0.3) is 0 Å². The number of ether oxygens (including phenoxy) is 1.